The van der Waals surface area contributed by atoms with Crippen LogP contribution >= 0.6 is 11.6 Å². The second-order valence-electron chi connectivity index (χ2n) is 13.6. The molecule has 5 heterocycles. The molecular formula is C39H36ClN7O3. The van der Waals surface area contributed by atoms with Crippen molar-refractivity contribution < 1.29 is 14.3 Å². The largest absolute Gasteiger partial charge is 0.481 e. The summed E-state index contributed by atoms with van der Waals surface area (Å²) in [6, 6.07) is 18.6. The number of oxazole rings is 1. The minimum absolute atomic E-state index is 0.343. The van der Waals surface area contributed by atoms with Crippen LogP contribution in [0.1, 0.15) is 66.3 Å². The smallest absolute Gasteiger partial charge is 0.307 e. The summed E-state index contributed by atoms with van der Waals surface area (Å²) in [5, 5.41) is 27.5. The lowest BCUT2D eigenvalue weighted by atomic mass is 9.79. The van der Waals surface area contributed by atoms with E-state index in [1.165, 1.54) is 12.0 Å². The molecule has 2 saturated heterocycles. The first kappa shape index (κ1) is 32.1. The van der Waals surface area contributed by atoms with E-state index in [4.69, 9.17) is 26.0 Å². The molecule has 0 saturated carbocycles. The second-order valence-corrected chi connectivity index (χ2v) is 14.4. The highest BCUT2D eigenvalue weighted by Gasteiger charge is 2.41. The van der Waals surface area contributed by atoms with Crippen molar-refractivity contribution >= 4 is 56.7 Å². The fourth-order valence-corrected chi connectivity index (χ4v) is 7.89. The zero-order valence-corrected chi connectivity index (χ0v) is 28.3. The summed E-state index contributed by atoms with van der Waals surface area (Å²) in [5.41, 5.74) is 6.97. The van der Waals surface area contributed by atoms with E-state index < -0.39 is 16.8 Å². The van der Waals surface area contributed by atoms with Gasteiger partial charge in [0.05, 0.1) is 22.3 Å². The summed E-state index contributed by atoms with van der Waals surface area (Å²) < 4.78 is 6.29. The van der Waals surface area contributed by atoms with E-state index in [1.807, 2.05) is 61.7 Å². The lowest BCUT2D eigenvalue weighted by Gasteiger charge is -2.33. The number of hydrogen-bond acceptors (Lipinski definition) is 9. The third kappa shape index (κ3) is 6.02. The van der Waals surface area contributed by atoms with Gasteiger partial charge in [0, 0.05) is 42.6 Å². The van der Waals surface area contributed by atoms with Gasteiger partial charge in [0.25, 0.3) is 0 Å². The Morgan fingerprint density at radius 1 is 1.22 bits per heavy atom. The van der Waals surface area contributed by atoms with Crippen molar-refractivity contribution in [2.75, 3.05) is 25.0 Å². The SMILES string of the molecule is CC1(Cl)C(c2cccc(Nc3nccc4cc(C5CCCN5)cnc34)c2)=CC=CC1c1nc2cc(CN3CC[C@@H](C(=O)O)C3)cc(C#N)c2o1. The number of alkyl halides is 1. The number of fused-ring (bicyclic) bond motifs is 2. The van der Waals surface area contributed by atoms with Crippen LogP contribution in [0.3, 0.4) is 0 Å². The number of aromatic nitrogens is 3. The van der Waals surface area contributed by atoms with Crippen molar-refractivity contribution in [3.8, 4) is 6.07 Å². The van der Waals surface area contributed by atoms with Crippen molar-refractivity contribution in [2.24, 2.45) is 5.92 Å². The van der Waals surface area contributed by atoms with Crippen LogP contribution in [0.15, 0.2) is 83.6 Å². The van der Waals surface area contributed by atoms with Gasteiger partial charge in [0.1, 0.15) is 17.1 Å². The number of likely N-dealkylation sites (tertiary alicyclic amines) is 1. The standard InChI is InChI=1S/C39H36ClN7O3/c1-39(40)30(24-5-2-6-29(18-24)45-36-34-25(10-13-43-36)17-28(20-44-34)32-9-4-12-42-32)7-3-8-31(39)37-46-33-16-23(15-27(19-41)35(33)50-37)21-47-14-11-26(22-47)38(48)49/h2-3,5-8,10,13,15-18,20,26,31-32,42H,4,9,11-12,14,21-22H2,1H3,(H,43,45)(H,48,49)/t26-,31?,32?,39?/m1/s1. The van der Waals surface area contributed by atoms with Crippen LogP contribution in [0, 0.1) is 17.2 Å². The van der Waals surface area contributed by atoms with Crippen LogP contribution in [-0.2, 0) is 11.3 Å². The highest BCUT2D eigenvalue weighted by atomic mass is 35.5. The number of pyridine rings is 2. The van der Waals surface area contributed by atoms with Gasteiger partial charge < -0.3 is 20.2 Å². The van der Waals surface area contributed by atoms with Gasteiger partial charge in [-0.25, -0.2) is 9.97 Å². The summed E-state index contributed by atoms with van der Waals surface area (Å²) in [6.45, 7) is 4.70. The number of carboxylic acid groups (broad SMARTS) is 1. The molecule has 3 aromatic heterocycles. The number of nitriles is 1. The number of allylic oxidation sites excluding steroid dienone is 4. The Morgan fingerprint density at radius 2 is 2.12 bits per heavy atom. The van der Waals surface area contributed by atoms with E-state index in [9.17, 15) is 15.2 Å². The summed E-state index contributed by atoms with van der Waals surface area (Å²) in [6.07, 6.45) is 12.6. The normalized spacial score (nSPS) is 23.7. The molecule has 3 aliphatic rings. The van der Waals surface area contributed by atoms with E-state index in [-0.39, 0.29) is 5.92 Å². The van der Waals surface area contributed by atoms with Crippen LogP contribution < -0.4 is 10.6 Å². The molecule has 2 aliphatic heterocycles. The quantitative estimate of drug-likeness (QED) is 0.141. The van der Waals surface area contributed by atoms with Gasteiger partial charge in [0.2, 0.25) is 5.89 Å². The van der Waals surface area contributed by atoms with Crippen LogP contribution in [0.25, 0.3) is 27.6 Å². The van der Waals surface area contributed by atoms with E-state index in [1.54, 1.807) is 12.3 Å². The molecule has 1 aliphatic carbocycles. The predicted octanol–water partition coefficient (Wildman–Crippen LogP) is 7.45. The molecule has 10 nitrogen and oxygen atoms in total. The molecular weight excluding hydrogens is 650 g/mol. The summed E-state index contributed by atoms with van der Waals surface area (Å²) in [7, 11) is 0. The summed E-state index contributed by atoms with van der Waals surface area (Å²) in [4.78, 5) is 26.9. The fraction of sp³-hybridized carbons (Fsp3) is 0.308. The molecule has 2 aromatic carbocycles. The first-order chi connectivity index (χ1) is 24.3. The zero-order valence-electron chi connectivity index (χ0n) is 27.6. The molecule has 5 aromatic rings. The van der Waals surface area contributed by atoms with Gasteiger partial charge in [-0.05, 0) is 97.9 Å². The van der Waals surface area contributed by atoms with Gasteiger partial charge >= 0.3 is 5.97 Å². The topological polar surface area (TPSA) is 140 Å². The molecule has 0 bridgehead atoms. The van der Waals surface area contributed by atoms with E-state index >= 15 is 0 Å². The van der Waals surface area contributed by atoms with Gasteiger partial charge in [-0.15, -0.1) is 11.6 Å². The van der Waals surface area contributed by atoms with Crippen molar-refractivity contribution in [1.29, 1.82) is 5.26 Å². The third-order valence-electron chi connectivity index (χ3n) is 10.2. The Hall–Kier alpha value is -5.08. The second kappa shape index (κ2) is 13.0. The van der Waals surface area contributed by atoms with Crippen molar-refractivity contribution in [2.45, 2.75) is 49.6 Å². The molecule has 0 amide bonds. The number of nitrogens with zero attached hydrogens (tertiary/aromatic N) is 5. The Kier molecular flexibility index (Phi) is 8.35. The number of aliphatic carboxylic acids is 1. The minimum atomic E-state index is -0.921. The van der Waals surface area contributed by atoms with Gasteiger partial charge in [0.15, 0.2) is 11.4 Å². The van der Waals surface area contributed by atoms with E-state index in [0.717, 1.165) is 46.3 Å². The number of carboxylic acids is 1. The fourth-order valence-electron chi connectivity index (χ4n) is 7.55. The molecule has 3 N–H and O–H groups in total. The van der Waals surface area contributed by atoms with Crippen molar-refractivity contribution in [1.82, 2.24) is 25.2 Å². The number of halogens is 1. The maximum atomic E-state index is 11.5. The molecule has 2 fully saturated rings. The van der Waals surface area contributed by atoms with E-state index in [2.05, 4.69) is 38.7 Å². The molecule has 4 atom stereocenters. The first-order valence-electron chi connectivity index (χ1n) is 17.0. The Morgan fingerprint density at radius 3 is 2.92 bits per heavy atom. The minimum Gasteiger partial charge on any atom is -0.481 e. The number of anilines is 2. The Labute approximate surface area is 294 Å². The molecule has 50 heavy (non-hydrogen) atoms. The van der Waals surface area contributed by atoms with Gasteiger partial charge in [-0.1, -0.05) is 30.4 Å². The maximum Gasteiger partial charge on any atom is 0.307 e. The van der Waals surface area contributed by atoms with Crippen molar-refractivity contribution in [3.05, 3.63) is 107 Å². The number of carbonyl (C=O) groups is 1. The molecule has 8 rings (SSSR count). The highest BCUT2D eigenvalue weighted by Crippen LogP contribution is 2.48. The average molecular weight is 686 g/mol. The monoisotopic (exact) mass is 685 g/mol. The Balaban J connectivity index is 1.04. The molecule has 0 spiro atoms. The lowest BCUT2D eigenvalue weighted by Crippen LogP contribution is -2.29. The van der Waals surface area contributed by atoms with Crippen LogP contribution in [-0.4, -0.2) is 55.4 Å². The lowest BCUT2D eigenvalue weighted by molar-refractivity contribution is -0.141. The van der Waals surface area contributed by atoms with Crippen molar-refractivity contribution in [3.63, 3.8) is 0 Å². The summed E-state index contributed by atoms with van der Waals surface area (Å²) in [5.74, 6) is -0.448. The number of rotatable bonds is 8. The van der Waals surface area contributed by atoms with E-state index in [0.29, 0.717) is 60.5 Å². The highest BCUT2D eigenvalue weighted by molar-refractivity contribution is 6.31. The maximum absolute atomic E-state index is 11.5. The molecule has 11 heteroatoms. The van der Waals surface area contributed by atoms with Gasteiger partial charge in [-0.3, -0.25) is 14.7 Å². The predicted molar refractivity (Wildman–Crippen MR) is 193 cm³/mol. The zero-order chi connectivity index (χ0) is 34.4. The summed E-state index contributed by atoms with van der Waals surface area (Å²) >= 11 is 7.43. The third-order valence-corrected chi connectivity index (χ3v) is 10.6. The van der Waals surface area contributed by atoms with Crippen LogP contribution in [0.5, 0.6) is 0 Å². The molecule has 252 valence electrons. The average Bonchev–Trinajstić information content (AvgIpc) is 3.90. The van der Waals surface area contributed by atoms with Gasteiger partial charge in [-0.2, -0.15) is 5.26 Å². The van der Waals surface area contributed by atoms with Crippen LogP contribution in [0.4, 0.5) is 11.5 Å². The Bertz CT molecular complexity index is 2230. The number of hydrogen-bond donors (Lipinski definition) is 3. The first-order valence-corrected chi connectivity index (χ1v) is 17.4. The molecule has 0 radical (unpaired) electrons. The number of benzene rings is 2. The number of nitrogens with one attached hydrogen (secondary N) is 2. The molecule has 3 unspecified atom stereocenters. The van der Waals surface area contributed by atoms with Crippen LogP contribution in [0.2, 0.25) is 0 Å².